The van der Waals surface area contributed by atoms with Gasteiger partial charge in [-0.2, -0.15) is 0 Å². The highest BCUT2D eigenvalue weighted by molar-refractivity contribution is 7.30. The smallest absolute Gasteiger partial charge is 0.0459 e. The summed E-state index contributed by atoms with van der Waals surface area (Å²) in [5.74, 6) is 0. The van der Waals surface area contributed by atoms with Gasteiger partial charge < -0.3 is 0 Å². The molecule has 0 saturated carbocycles. The summed E-state index contributed by atoms with van der Waals surface area (Å²) in [6.45, 7) is 9.18. The number of aryl methyl sites for hydroxylation is 4. The van der Waals surface area contributed by atoms with Crippen molar-refractivity contribution >= 4 is 177 Å². The minimum absolute atomic E-state index is 1.21. The van der Waals surface area contributed by atoms with Crippen molar-refractivity contribution in [3.63, 3.8) is 0 Å². The van der Waals surface area contributed by atoms with Crippen LogP contribution in [0.5, 0.6) is 0 Å². The van der Waals surface area contributed by atoms with E-state index in [1.54, 1.807) is 0 Å². The van der Waals surface area contributed by atoms with Gasteiger partial charge in [-0.15, -0.1) is 90.7 Å². The molecular weight excluding hydrogens is 1000 g/mol. The summed E-state index contributed by atoms with van der Waals surface area (Å²) in [5, 5.41) is 0. The Morgan fingerprint density at radius 1 is 0.243 bits per heavy atom. The highest BCUT2D eigenvalue weighted by atomic mass is 32.1. The van der Waals surface area contributed by atoms with Crippen LogP contribution in [-0.2, 0) is 25.7 Å². The average Bonchev–Trinajstić information content (AvgIpc) is 4.23. The summed E-state index contributed by atoms with van der Waals surface area (Å²) in [7, 11) is 0. The molecule has 0 atom stereocenters. The van der Waals surface area contributed by atoms with Crippen molar-refractivity contribution in [1.29, 1.82) is 0 Å². The molecule has 0 fully saturated rings. The van der Waals surface area contributed by atoms with E-state index in [1.807, 2.05) is 90.7 Å². The van der Waals surface area contributed by atoms with Gasteiger partial charge in [-0.3, -0.25) is 0 Å². The monoisotopic (exact) mass is 1070 g/mol. The molecule has 0 unspecified atom stereocenters. The zero-order chi connectivity index (χ0) is 48.1. The van der Waals surface area contributed by atoms with Gasteiger partial charge in [-0.05, 0) is 159 Å². The van der Waals surface area contributed by atoms with Crippen molar-refractivity contribution in [2.45, 2.75) is 156 Å². The SMILES string of the molecule is CCCCCCc1cc2sc(/C=C/c3cc(/C=C/c4cc5sc(CCCCCC)cc5s4)c(/C=C/c4cc5sc(CCCCCC)cc5s4)cc3/C=C/c3cc4sc(CCCCCC)cc4s3)cc2s1. The van der Waals surface area contributed by atoms with Crippen LogP contribution < -0.4 is 0 Å². The molecule has 70 heavy (non-hydrogen) atoms. The van der Waals surface area contributed by atoms with Gasteiger partial charge in [0.2, 0.25) is 0 Å². The standard InChI is InChI=1S/C62H70S8/c1-5-9-13-17-21-47-35-55-59(63-47)39-51(67-55)29-25-43-33-45(27-31-53-41-61-57(69-53)37-49(65-61)23-19-15-11-7-3)46(28-32-54-42-62-58(70-54)38-50(66-62)24-20-16-12-8-4)34-44(43)26-30-52-40-60-56(68-52)36-48(64-60)22-18-14-10-6-2/h25-42H,5-24H2,1-4H3/b29-25+,30-26+,31-27+,32-28+. The fraction of sp³-hybridized carbons (Fsp3) is 0.387. The molecule has 0 radical (unpaired) electrons. The van der Waals surface area contributed by atoms with E-state index in [0.717, 1.165) is 0 Å². The van der Waals surface area contributed by atoms with Crippen LogP contribution in [0.25, 0.3) is 86.2 Å². The van der Waals surface area contributed by atoms with Crippen LogP contribution in [0.4, 0.5) is 0 Å². The Morgan fingerprint density at radius 2 is 0.471 bits per heavy atom. The maximum Gasteiger partial charge on any atom is 0.0459 e. The lowest BCUT2D eigenvalue weighted by Crippen LogP contribution is -1.89. The van der Waals surface area contributed by atoms with Gasteiger partial charge in [0, 0.05) is 76.6 Å². The fourth-order valence-corrected chi connectivity index (χ4v) is 18.8. The molecule has 0 bridgehead atoms. The third kappa shape index (κ3) is 14.1. The molecular formula is C62H70S8. The Balaban J connectivity index is 1.04. The number of thiophene rings is 8. The lowest BCUT2D eigenvalue weighted by molar-refractivity contribution is 0.670. The Bertz CT molecular complexity index is 2630. The zero-order valence-corrected chi connectivity index (χ0v) is 48.3. The first-order valence-corrected chi connectivity index (χ1v) is 33.0. The van der Waals surface area contributed by atoms with Crippen molar-refractivity contribution in [2.24, 2.45) is 0 Å². The number of rotatable bonds is 28. The number of hydrogen-bond acceptors (Lipinski definition) is 8. The maximum atomic E-state index is 2.46. The average molecular weight is 1070 g/mol. The summed E-state index contributed by atoms with van der Waals surface area (Å²) in [6.07, 6.45) is 44.8. The predicted molar refractivity (Wildman–Crippen MR) is 332 cm³/mol. The second-order valence-corrected chi connectivity index (χ2v) is 28.2. The van der Waals surface area contributed by atoms with Crippen molar-refractivity contribution in [3.8, 4) is 0 Å². The van der Waals surface area contributed by atoms with E-state index in [1.165, 1.54) is 227 Å². The van der Waals surface area contributed by atoms with Crippen molar-refractivity contribution < 1.29 is 0 Å². The summed E-state index contributed by atoms with van der Waals surface area (Å²) < 4.78 is 11.4. The topological polar surface area (TPSA) is 0 Å². The van der Waals surface area contributed by atoms with Crippen LogP contribution in [0.1, 0.15) is 192 Å². The number of benzene rings is 1. The normalized spacial score (nSPS) is 12.6. The molecule has 1 aromatic carbocycles. The van der Waals surface area contributed by atoms with E-state index < -0.39 is 0 Å². The van der Waals surface area contributed by atoms with Gasteiger partial charge in [0.1, 0.15) is 0 Å². The van der Waals surface area contributed by atoms with Crippen LogP contribution >= 0.6 is 90.7 Å². The molecule has 366 valence electrons. The summed E-state index contributed by atoms with van der Waals surface area (Å²) in [5.41, 5.74) is 4.99. The Labute approximate surface area is 450 Å². The highest BCUT2D eigenvalue weighted by Crippen LogP contribution is 2.40. The predicted octanol–water partition coefficient (Wildman–Crippen LogP) is 24.0. The third-order valence-electron chi connectivity index (χ3n) is 13.2. The second-order valence-electron chi connectivity index (χ2n) is 19.0. The van der Waals surface area contributed by atoms with Gasteiger partial charge in [0.15, 0.2) is 0 Å². The van der Waals surface area contributed by atoms with Gasteiger partial charge in [0.05, 0.1) is 0 Å². The first-order chi connectivity index (χ1) is 34.4. The largest absolute Gasteiger partial charge is 0.139 e. The van der Waals surface area contributed by atoms with Crippen LogP contribution in [0, 0.1) is 0 Å². The minimum Gasteiger partial charge on any atom is -0.139 e. The molecule has 0 spiro atoms. The van der Waals surface area contributed by atoms with Crippen LogP contribution in [-0.4, -0.2) is 0 Å². The van der Waals surface area contributed by atoms with E-state index in [0.29, 0.717) is 0 Å². The van der Waals surface area contributed by atoms with E-state index in [4.69, 9.17) is 0 Å². The van der Waals surface area contributed by atoms with Crippen molar-refractivity contribution in [3.05, 3.63) is 122 Å². The van der Waals surface area contributed by atoms with Gasteiger partial charge >= 0.3 is 0 Å². The van der Waals surface area contributed by atoms with E-state index in [2.05, 4.69) is 137 Å². The van der Waals surface area contributed by atoms with Crippen LogP contribution in [0.15, 0.2) is 60.7 Å². The third-order valence-corrected chi connectivity index (χ3v) is 22.5. The minimum atomic E-state index is 1.21. The molecule has 8 heteroatoms. The van der Waals surface area contributed by atoms with E-state index >= 15 is 0 Å². The molecule has 9 rings (SSSR count). The Morgan fingerprint density at radius 3 is 0.686 bits per heavy atom. The Kier molecular flexibility index (Phi) is 19.3. The molecule has 0 aliphatic heterocycles. The molecule has 0 N–H and O–H groups in total. The first-order valence-electron chi connectivity index (χ1n) is 26.4. The van der Waals surface area contributed by atoms with E-state index in [9.17, 15) is 0 Å². The van der Waals surface area contributed by atoms with Crippen molar-refractivity contribution in [2.75, 3.05) is 0 Å². The van der Waals surface area contributed by atoms with E-state index in [-0.39, 0.29) is 0 Å². The second kappa shape index (κ2) is 26.2. The van der Waals surface area contributed by atoms with Crippen LogP contribution in [0.2, 0.25) is 0 Å². The summed E-state index contributed by atoms with van der Waals surface area (Å²) >= 11 is 15.7. The molecule has 0 saturated heterocycles. The number of fused-ring (bicyclic) bond motifs is 4. The highest BCUT2D eigenvalue weighted by Gasteiger charge is 2.12. The molecule has 0 nitrogen and oxygen atoms in total. The quantitative estimate of drug-likeness (QED) is 0.0429. The summed E-state index contributed by atoms with van der Waals surface area (Å²) in [6, 6.07) is 24.4. The maximum absolute atomic E-state index is 2.46. The molecule has 9 aromatic rings. The molecule has 8 aromatic heterocycles. The molecule has 8 heterocycles. The van der Waals surface area contributed by atoms with Crippen molar-refractivity contribution in [1.82, 2.24) is 0 Å². The number of hydrogen-bond donors (Lipinski definition) is 0. The fourth-order valence-electron chi connectivity index (χ4n) is 9.28. The number of unbranched alkanes of at least 4 members (excludes halogenated alkanes) is 12. The molecule has 0 aliphatic carbocycles. The van der Waals surface area contributed by atoms with Crippen LogP contribution in [0.3, 0.4) is 0 Å². The lowest BCUT2D eigenvalue weighted by Gasteiger charge is -2.09. The first kappa shape index (κ1) is 51.7. The molecule has 0 amide bonds. The van der Waals surface area contributed by atoms with Gasteiger partial charge in [0.25, 0.3) is 0 Å². The van der Waals surface area contributed by atoms with Gasteiger partial charge in [-0.25, -0.2) is 0 Å². The lowest BCUT2D eigenvalue weighted by atomic mass is 9.96. The van der Waals surface area contributed by atoms with Gasteiger partial charge in [-0.1, -0.05) is 129 Å². The molecule has 0 aliphatic rings. The summed E-state index contributed by atoms with van der Waals surface area (Å²) in [4.78, 5) is 11.4. The zero-order valence-electron chi connectivity index (χ0n) is 41.8. The Hall–Kier alpha value is -3.18.